The van der Waals surface area contributed by atoms with Crippen molar-refractivity contribution in [3.8, 4) is 5.75 Å². The van der Waals surface area contributed by atoms with Gasteiger partial charge in [-0.2, -0.15) is 8.78 Å². The average molecular weight is 427 g/mol. The van der Waals surface area contributed by atoms with E-state index in [9.17, 15) is 8.78 Å². The van der Waals surface area contributed by atoms with E-state index in [0.29, 0.717) is 24.6 Å². The molecule has 1 aromatic heterocycles. The van der Waals surface area contributed by atoms with Gasteiger partial charge in [0.1, 0.15) is 11.6 Å². The molecule has 2 N–H and O–H groups in total. The van der Waals surface area contributed by atoms with Gasteiger partial charge in [0.15, 0.2) is 5.96 Å². The van der Waals surface area contributed by atoms with Gasteiger partial charge in [0, 0.05) is 44.0 Å². The molecule has 2 aromatic carbocycles. The number of aliphatic imine (C=N–C) groups is 1. The molecule has 0 saturated heterocycles. The Morgan fingerprint density at radius 3 is 2.65 bits per heavy atom. The molecular weight excluding hydrogens is 400 g/mol. The predicted molar refractivity (Wildman–Crippen MR) is 117 cm³/mol. The second-order valence-corrected chi connectivity index (χ2v) is 6.82. The van der Waals surface area contributed by atoms with Crippen LogP contribution in [0.5, 0.6) is 5.75 Å². The van der Waals surface area contributed by atoms with Crippen LogP contribution in [0.4, 0.5) is 8.78 Å². The Labute approximate surface area is 181 Å². The zero-order valence-electron chi connectivity index (χ0n) is 17.5. The van der Waals surface area contributed by atoms with E-state index in [1.165, 1.54) is 11.6 Å². The van der Waals surface area contributed by atoms with E-state index in [1.807, 2.05) is 31.3 Å². The molecular formula is C23H27F2N5O. The van der Waals surface area contributed by atoms with Crippen molar-refractivity contribution in [1.82, 2.24) is 20.2 Å². The molecule has 0 bridgehead atoms. The highest BCUT2D eigenvalue weighted by Gasteiger charge is 2.09. The molecule has 0 unspecified atom stereocenters. The summed E-state index contributed by atoms with van der Waals surface area (Å²) >= 11 is 0. The topological polar surface area (TPSA) is 63.5 Å². The van der Waals surface area contributed by atoms with Crippen molar-refractivity contribution in [3.63, 3.8) is 0 Å². The molecule has 1 heterocycles. The maximum absolute atomic E-state index is 12.6. The van der Waals surface area contributed by atoms with Crippen LogP contribution in [0.2, 0.25) is 0 Å². The number of ether oxygens (including phenoxy) is 1. The molecule has 6 nitrogen and oxygen atoms in total. The van der Waals surface area contributed by atoms with E-state index in [2.05, 4.69) is 42.0 Å². The number of alkyl halides is 2. The maximum atomic E-state index is 12.6. The molecule has 0 aliphatic rings. The summed E-state index contributed by atoms with van der Waals surface area (Å²) in [7, 11) is 0. The molecule has 0 fully saturated rings. The molecule has 0 saturated carbocycles. The van der Waals surface area contributed by atoms with Crippen LogP contribution in [0, 0.1) is 0 Å². The minimum atomic E-state index is -2.86. The first-order chi connectivity index (χ1) is 15.2. The third-order valence-electron chi connectivity index (χ3n) is 4.58. The van der Waals surface area contributed by atoms with E-state index >= 15 is 0 Å². The number of aromatic nitrogens is 2. The average Bonchev–Trinajstić information content (AvgIpc) is 3.20. The predicted octanol–water partition coefficient (Wildman–Crippen LogP) is 3.83. The Bertz CT molecular complexity index is 959. The third-order valence-corrected chi connectivity index (χ3v) is 4.58. The van der Waals surface area contributed by atoms with E-state index in [4.69, 9.17) is 0 Å². The minimum Gasteiger partial charge on any atom is -0.434 e. The van der Waals surface area contributed by atoms with Gasteiger partial charge in [-0.25, -0.2) is 9.98 Å². The van der Waals surface area contributed by atoms with Crippen molar-refractivity contribution >= 4 is 5.96 Å². The highest BCUT2D eigenvalue weighted by Crippen LogP contribution is 2.20. The van der Waals surface area contributed by atoms with Crippen molar-refractivity contribution < 1.29 is 13.5 Å². The van der Waals surface area contributed by atoms with Crippen molar-refractivity contribution in [1.29, 1.82) is 0 Å². The normalized spacial score (nSPS) is 11.5. The van der Waals surface area contributed by atoms with Crippen LogP contribution in [0.25, 0.3) is 0 Å². The van der Waals surface area contributed by atoms with Crippen LogP contribution >= 0.6 is 0 Å². The second kappa shape index (κ2) is 11.7. The Balaban J connectivity index is 1.58. The van der Waals surface area contributed by atoms with E-state index in [-0.39, 0.29) is 12.3 Å². The molecule has 0 aliphatic heterocycles. The summed E-state index contributed by atoms with van der Waals surface area (Å²) in [5.74, 6) is 1.72. The van der Waals surface area contributed by atoms with Crippen molar-refractivity contribution in [3.05, 3.63) is 83.9 Å². The van der Waals surface area contributed by atoms with E-state index < -0.39 is 6.61 Å². The SMILES string of the molecule is CCNC(=NCc1ccccc1OC(F)F)NCCc1nccn1Cc1ccccc1. The summed E-state index contributed by atoms with van der Waals surface area (Å²) in [4.78, 5) is 8.97. The number of hydrogen-bond donors (Lipinski definition) is 2. The fourth-order valence-corrected chi connectivity index (χ4v) is 3.14. The summed E-state index contributed by atoms with van der Waals surface area (Å²) in [5.41, 5.74) is 1.81. The van der Waals surface area contributed by atoms with Gasteiger partial charge in [0.25, 0.3) is 0 Å². The lowest BCUT2D eigenvalue weighted by Crippen LogP contribution is -2.38. The molecule has 0 radical (unpaired) electrons. The highest BCUT2D eigenvalue weighted by molar-refractivity contribution is 5.79. The molecule has 164 valence electrons. The Morgan fingerprint density at radius 2 is 1.87 bits per heavy atom. The summed E-state index contributed by atoms with van der Waals surface area (Å²) in [6.45, 7) is 1.41. The first-order valence-electron chi connectivity index (χ1n) is 10.2. The number of rotatable bonds is 10. The van der Waals surface area contributed by atoms with Crippen LogP contribution in [-0.4, -0.2) is 35.2 Å². The Hall–Kier alpha value is -3.42. The standard InChI is InChI=1S/C23H27F2N5O/c1-2-26-23(29-16-19-10-6-7-11-20(19)31-22(24)25)28-13-12-21-27-14-15-30(21)17-18-8-4-3-5-9-18/h3-11,14-15,22H,2,12-13,16-17H2,1H3,(H2,26,28,29). The number of halogens is 2. The molecule has 0 aliphatic carbocycles. The van der Waals surface area contributed by atoms with Crippen molar-refractivity contribution in [2.75, 3.05) is 13.1 Å². The smallest absolute Gasteiger partial charge is 0.387 e. The lowest BCUT2D eigenvalue weighted by molar-refractivity contribution is -0.0504. The van der Waals surface area contributed by atoms with Gasteiger partial charge in [-0.3, -0.25) is 0 Å². The lowest BCUT2D eigenvalue weighted by atomic mass is 10.2. The van der Waals surface area contributed by atoms with E-state index in [0.717, 1.165) is 18.8 Å². The van der Waals surface area contributed by atoms with E-state index in [1.54, 1.807) is 24.4 Å². The molecule has 8 heteroatoms. The number of nitrogens with one attached hydrogen (secondary N) is 2. The molecule has 3 aromatic rings. The van der Waals surface area contributed by atoms with Gasteiger partial charge in [-0.15, -0.1) is 0 Å². The lowest BCUT2D eigenvalue weighted by Gasteiger charge is -2.13. The largest absolute Gasteiger partial charge is 0.434 e. The summed E-state index contributed by atoms with van der Waals surface area (Å²) in [5, 5.41) is 6.45. The molecule has 0 spiro atoms. The highest BCUT2D eigenvalue weighted by atomic mass is 19.3. The first kappa shape index (κ1) is 22.3. The number of imidazole rings is 1. The van der Waals surface area contributed by atoms with Gasteiger partial charge < -0.3 is 19.9 Å². The summed E-state index contributed by atoms with van der Waals surface area (Å²) < 4.78 is 31.9. The fourth-order valence-electron chi connectivity index (χ4n) is 3.14. The second-order valence-electron chi connectivity index (χ2n) is 6.82. The molecule has 31 heavy (non-hydrogen) atoms. The number of benzene rings is 2. The number of hydrogen-bond acceptors (Lipinski definition) is 3. The van der Waals surface area contributed by atoms with Crippen LogP contribution in [-0.2, 0) is 19.5 Å². The molecule has 0 amide bonds. The number of nitrogens with zero attached hydrogens (tertiary/aromatic N) is 3. The first-order valence-corrected chi connectivity index (χ1v) is 10.2. The third kappa shape index (κ3) is 7.09. The minimum absolute atomic E-state index is 0.139. The Kier molecular flexibility index (Phi) is 8.39. The zero-order chi connectivity index (χ0) is 21.9. The quantitative estimate of drug-likeness (QED) is 0.381. The summed E-state index contributed by atoms with van der Waals surface area (Å²) in [6.07, 6.45) is 4.49. The number of guanidine groups is 1. The van der Waals surface area contributed by atoms with Gasteiger partial charge in [0.2, 0.25) is 0 Å². The zero-order valence-corrected chi connectivity index (χ0v) is 17.5. The van der Waals surface area contributed by atoms with Gasteiger partial charge in [0.05, 0.1) is 6.54 Å². The van der Waals surface area contributed by atoms with Crippen molar-refractivity contribution in [2.24, 2.45) is 4.99 Å². The fraction of sp³-hybridized carbons (Fsp3) is 0.304. The summed E-state index contributed by atoms with van der Waals surface area (Å²) in [6, 6.07) is 16.9. The van der Waals surface area contributed by atoms with Gasteiger partial charge in [-0.1, -0.05) is 48.5 Å². The monoisotopic (exact) mass is 427 g/mol. The van der Waals surface area contributed by atoms with Gasteiger partial charge in [-0.05, 0) is 18.6 Å². The van der Waals surface area contributed by atoms with Crippen LogP contribution in [0.15, 0.2) is 72.0 Å². The van der Waals surface area contributed by atoms with Crippen LogP contribution < -0.4 is 15.4 Å². The number of para-hydroxylation sites is 1. The van der Waals surface area contributed by atoms with Crippen LogP contribution in [0.3, 0.4) is 0 Å². The molecule has 3 rings (SSSR count). The van der Waals surface area contributed by atoms with Crippen LogP contribution in [0.1, 0.15) is 23.9 Å². The molecule has 0 atom stereocenters. The maximum Gasteiger partial charge on any atom is 0.387 e. The Morgan fingerprint density at radius 1 is 1.10 bits per heavy atom. The van der Waals surface area contributed by atoms with Gasteiger partial charge >= 0.3 is 6.61 Å². The van der Waals surface area contributed by atoms with Crippen molar-refractivity contribution in [2.45, 2.75) is 33.0 Å².